The Hall–Kier alpha value is -1.34. The molecule has 1 rings (SSSR count). The van der Waals surface area contributed by atoms with Crippen molar-refractivity contribution in [2.45, 2.75) is 31.4 Å². The van der Waals surface area contributed by atoms with Gasteiger partial charge in [-0.2, -0.15) is 11.8 Å². The number of halogens is 1. The second-order valence-electron chi connectivity index (χ2n) is 4.56. The van der Waals surface area contributed by atoms with Gasteiger partial charge in [-0.25, -0.2) is 4.98 Å². The van der Waals surface area contributed by atoms with Crippen molar-refractivity contribution in [1.82, 2.24) is 10.3 Å². The predicted molar refractivity (Wildman–Crippen MR) is 85.1 cm³/mol. The van der Waals surface area contributed by atoms with Crippen LogP contribution in [0.25, 0.3) is 0 Å². The Morgan fingerprint density at radius 3 is 2.62 bits per heavy atom. The standard InChI is InChI=1S/C13H18ClN3O3S/c1-4-13(5-2,21-3)8-16-12(18)9-6-11(14)15-7-10(9)17(19)20/h6-7H,4-5,8H2,1-3H3,(H,16,18). The van der Waals surface area contributed by atoms with E-state index in [0.29, 0.717) is 6.54 Å². The van der Waals surface area contributed by atoms with Crippen molar-refractivity contribution in [3.05, 3.63) is 33.1 Å². The van der Waals surface area contributed by atoms with Gasteiger partial charge in [0, 0.05) is 11.3 Å². The van der Waals surface area contributed by atoms with Gasteiger partial charge in [-0.1, -0.05) is 25.4 Å². The summed E-state index contributed by atoms with van der Waals surface area (Å²) in [6.07, 6.45) is 4.78. The Morgan fingerprint density at radius 2 is 2.14 bits per heavy atom. The highest BCUT2D eigenvalue weighted by Crippen LogP contribution is 2.30. The maximum atomic E-state index is 12.2. The van der Waals surface area contributed by atoms with E-state index in [1.54, 1.807) is 11.8 Å². The van der Waals surface area contributed by atoms with Crippen LogP contribution in [0, 0.1) is 10.1 Å². The largest absolute Gasteiger partial charge is 0.350 e. The number of hydrogen-bond acceptors (Lipinski definition) is 5. The number of carbonyl (C=O) groups excluding carboxylic acids is 1. The second kappa shape index (κ2) is 7.61. The van der Waals surface area contributed by atoms with Crippen molar-refractivity contribution in [2.24, 2.45) is 0 Å². The molecule has 21 heavy (non-hydrogen) atoms. The summed E-state index contributed by atoms with van der Waals surface area (Å²) in [4.78, 5) is 26.2. The minimum absolute atomic E-state index is 0.0489. The molecular formula is C13H18ClN3O3S. The van der Waals surface area contributed by atoms with E-state index in [9.17, 15) is 14.9 Å². The molecule has 0 spiro atoms. The fraction of sp³-hybridized carbons (Fsp3) is 0.538. The molecule has 0 bridgehead atoms. The third-order valence-corrected chi connectivity index (χ3v) is 5.38. The normalized spacial score (nSPS) is 11.2. The quantitative estimate of drug-likeness (QED) is 0.470. The van der Waals surface area contributed by atoms with Crippen molar-refractivity contribution < 1.29 is 9.72 Å². The van der Waals surface area contributed by atoms with Crippen LogP contribution in [0.4, 0.5) is 5.69 Å². The van der Waals surface area contributed by atoms with Gasteiger partial charge in [-0.3, -0.25) is 14.9 Å². The van der Waals surface area contributed by atoms with Crippen molar-refractivity contribution in [2.75, 3.05) is 12.8 Å². The summed E-state index contributed by atoms with van der Waals surface area (Å²) >= 11 is 7.40. The van der Waals surface area contributed by atoms with E-state index in [0.717, 1.165) is 19.0 Å². The number of nitrogens with one attached hydrogen (secondary N) is 1. The van der Waals surface area contributed by atoms with E-state index >= 15 is 0 Å². The molecule has 0 aliphatic carbocycles. The molecule has 0 atom stereocenters. The number of nitro groups is 1. The van der Waals surface area contributed by atoms with Crippen molar-refractivity contribution in [1.29, 1.82) is 0 Å². The van der Waals surface area contributed by atoms with Gasteiger partial charge in [-0.05, 0) is 25.2 Å². The number of aromatic nitrogens is 1. The van der Waals surface area contributed by atoms with Crippen LogP contribution in [-0.2, 0) is 0 Å². The molecule has 1 amide bonds. The van der Waals surface area contributed by atoms with E-state index in [2.05, 4.69) is 24.1 Å². The summed E-state index contributed by atoms with van der Waals surface area (Å²) in [6, 6.07) is 1.22. The number of amides is 1. The van der Waals surface area contributed by atoms with Crippen molar-refractivity contribution >= 4 is 35.0 Å². The van der Waals surface area contributed by atoms with Crippen LogP contribution in [0.3, 0.4) is 0 Å². The van der Waals surface area contributed by atoms with Crippen molar-refractivity contribution in [3.63, 3.8) is 0 Å². The number of nitrogens with zero attached hydrogens (tertiary/aromatic N) is 2. The number of rotatable bonds is 7. The molecule has 1 aromatic heterocycles. The van der Waals surface area contributed by atoms with E-state index in [1.807, 2.05) is 6.26 Å². The molecule has 0 unspecified atom stereocenters. The van der Waals surface area contributed by atoms with E-state index in [-0.39, 0.29) is 21.2 Å². The molecule has 1 N–H and O–H groups in total. The highest BCUT2D eigenvalue weighted by molar-refractivity contribution is 8.00. The molecule has 0 fully saturated rings. The van der Waals surface area contributed by atoms with Gasteiger partial charge in [0.25, 0.3) is 11.6 Å². The molecule has 0 aliphatic rings. The van der Waals surface area contributed by atoms with Crippen LogP contribution in [0.2, 0.25) is 5.15 Å². The van der Waals surface area contributed by atoms with E-state index < -0.39 is 10.8 Å². The number of hydrogen-bond donors (Lipinski definition) is 1. The molecule has 1 aromatic rings. The van der Waals surface area contributed by atoms with Gasteiger partial charge < -0.3 is 5.32 Å². The number of pyridine rings is 1. The fourth-order valence-corrected chi connectivity index (χ4v) is 2.90. The lowest BCUT2D eigenvalue weighted by Gasteiger charge is -2.29. The first-order valence-corrected chi connectivity index (χ1v) is 8.12. The molecule has 0 aliphatic heterocycles. The van der Waals surface area contributed by atoms with E-state index in [4.69, 9.17) is 11.6 Å². The first-order chi connectivity index (χ1) is 9.89. The van der Waals surface area contributed by atoms with Crippen LogP contribution in [0.15, 0.2) is 12.3 Å². The summed E-state index contributed by atoms with van der Waals surface area (Å²) in [6.45, 7) is 4.55. The molecule has 6 nitrogen and oxygen atoms in total. The number of carbonyl (C=O) groups is 1. The topological polar surface area (TPSA) is 85.1 Å². The molecule has 116 valence electrons. The molecular weight excluding hydrogens is 314 g/mol. The number of thioether (sulfide) groups is 1. The van der Waals surface area contributed by atoms with Gasteiger partial charge >= 0.3 is 0 Å². The summed E-state index contributed by atoms with van der Waals surface area (Å²) in [5.41, 5.74) is -0.415. The minimum Gasteiger partial charge on any atom is -0.350 e. The average molecular weight is 332 g/mol. The molecule has 8 heteroatoms. The maximum absolute atomic E-state index is 12.2. The zero-order valence-electron chi connectivity index (χ0n) is 12.2. The Bertz CT molecular complexity index is 527. The third-order valence-electron chi connectivity index (χ3n) is 3.58. The molecule has 0 saturated heterocycles. The lowest BCUT2D eigenvalue weighted by Crippen LogP contribution is -2.39. The van der Waals surface area contributed by atoms with Crippen LogP contribution in [0.5, 0.6) is 0 Å². The lowest BCUT2D eigenvalue weighted by molar-refractivity contribution is -0.385. The molecule has 0 radical (unpaired) electrons. The first-order valence-electron chi connectivity index (χ1n) is 6.52. The van der Waals surface area contributed by atoms with Crippen LogP contribution >= 0.6 is 23.4 Å². The maximum Gasteiger partial charge on any atom is 0.300 e. The highest BCUT2D eigenvalue weighted by atomic mass is 35.5. The van der Waals surface area contributed by atoms with Gasteiger partial charge in [0.1, 0.15) is 16.9 Å². The SMILES string of the molecule is CCC(CC)(CNC(=O)c1cc(Cl)ncc1[N+](=O)[O-])SC. The van der Waals surface area contributed by atoms with E-state index in [1.165, 1.54) is 6.07 Å². The summed E-state index contributed by atoms with van der Waals surface area (Å²) in [5, 5.41) is 13.8. The zero-order chi connectivity index (χ0) is 16.0. The monoisotopic (exact) mass is 331 g/mol. The lowest BCUT2D eigenvalue weighted by atomic mass is 10.0. The fourth-order valence-electron chi connectivity index (χ4n) is 1.95. The summed E-state index contributed by atoms with van der Waals surface area (Å²) < 4.78 is -0.0682. The minimum atomic E-state index is -0.639. The smallest absolute Gasteiger partial charge is 0.300 e. The van der Waals surface area contributed by atoms with Crippen LogP contribution < -0.4 is 5.32 Å². The third kappa shape index (κ3) is 4.31. The Balaban J connectivity index is 2.95. The summed E-state index contributed by atoms with van der Waals surface area (Å²) in [7, 11) is 0. The second-order valence-corrected chi connectivity index (χ2v) is 6.22. The van der Waals surface area contributed by atoms with Crippen molar-refractivity contribution in [3.8, 4) is 0 Å². The molecule has 0 aromatic carbocycles. The summed E-state index contributed by atoms with van der Waals surface area (Å²) in [5.74, 6) is -0.508. The first kappa shape index (κ1) is 17.7. The Kier molecular flexibility index (Phi) is 6.42. The highest BCUT2D eigenvalue weighted by Gasteiger charge is 2.27. The van der Waals surface area contributed by atoms with Crippen LogP contribution in [0.1, 0.15) is 37.0 Å². The average Bonchev–Trinajstić information content (AvgIpc) is 2.48. The van der Waals surface area contributed by atoms with Gasteiger partial charge in [0.15, 0.2) is 0 Å². The molecule has 0 saturated carbocycles. The Morgan fingerprint density at radius 1 is 1.52 bits per heavy atom. The van der Waals surface area contributed by atoms with Gasteiger partial charge in [0.2, 0.25) is 0 Å². The van der Waals surface area contributed by atoms with Gasteiger partial charge in [-0.15, -0.1) is 0 Å². The zero-order valence-corrected chi connectivity index (χ0v) is 13.8. The van der Waals surface area contributed by atoms with Gasteiger partial charge in [0.05, 0.1) is 4.92 Å². The molecule has 1 heterocycles. The Labute approximate surface area is 132 Å². The van der Waals surface area contributed by atoms with Crippen LogP contribution in [-0.4, -0.2) is 33.4 Å². The predicted octanol–water partition coefficient (Wildman–Crippen LogP) is 3.29.